The summed E-state index contributed by atoms with van der Waals surface area (Å²) in [4.78, 5) is 2.18. The molecule has 0 saturated heterocycles. The van der Waals surface area contributed by atoms with Crippen LogP contribution in [0.15, 0.2) is 10.6 Å². The van der Waals surface area contributed by atoms with E-state index in [4.69, 9.17) is 9.26 Å². The van der Waals surface area contributed by atoms with Gasteiger partial charge in [0.25, 0.3) is 0 Å². The molecule has 1 rings (SSSR count). The second-order valence-corrected chi connectivity index (χ2v) is 4.05. The van der Waals surface area contributed by atoms with E-state index in [0.29, 0.717) is 6.61 Å². The highest BCUT2D eigenvalue weighted by atomic mass is 16.5. The van der Waals surface area contributed by atoms with E-state index in [2.05, 4.69) is 29.5 Å². The lowest BCUT2D eigenvalue weighted by Gasteiger charge is -2.08. The van der Waals surface area contributed by atoms with Crippen molar-refractivity contribution >= 4 is 0 Å². The van der Waals surface area contributed by atoms with E-state index in [9.17, 15) is 0 Å². The van der Waals surface area contributed by atoms with Crippen molar-refractivity contribution in [3.8, 4) is 0 Å². The fraction of sp³-hybridized carbons (Fsp3) is 0.727. The van der Waals surface area contributed by atoms with Crippen LogP contribution in [0.2, 0.25) is 0 Å². The Kier molecular flexibility index (Phi) is 6.07. The van der Waals surface area contributed by atoms with Crippen LogP contribution in [-0.2, 0) is 17.9 Å². The molecule has 0 bridgehead atoms. The predicted molar refractivity (Wildman–Crippen MR) is 62.1 cm³/mol. The van der Waals surface area contributed by atoms with Crippen LogP contribution >= 0.6 is 0 Å². The lowest BCUT2D eigenvalue weighted by molar-refractivity contribution is 0.155. The van der Waals surface area contributed by atoms with Gasteiger partial charge in [0.2, 0.25) is 0 Å². The van der Waals surface area contributed by atoms with Crippen molar-refractivity contribution in [3.05, 3.63) is 17.5 Å². The van der Waals surface area contributed by atoms with Gasteiger partial charge >= 0.3 is 0 Å². The number of ether oxygens (including phenoxy) is 1. The Bertz CT molecular complexity index is 287. The second kappa shape index (κ2) is 7.38. The van der Waals surface area contributed by atoms with E-state index in [1.54, 1.807) is 7.11 Å². The summed E-state index contributed by atoms with van der Waals surface area (Å²) in [6, 6.07) is 1.92. The minimum atomic E-state index is 0.480. The second-order valence-electron chi connectivity index (χ2n) is 4.05. The number of methoxy groups -OCH3 is 1. The average Bonchev–Trinajstić information content (AvgIpc) is 2.65. The molecule has 0 radical (unpaired) electrons. The first-order chi connectivity index (χ1) is 7.72. The molecule has 92 valence electrons. The zero-order valence-corrected chi connectivity index (χ0v) is 10.3. The van der Waals surface area contributed by atoms with Gasteiger partial charge in [-0.1, -0.05) is 5.16 Å². The minimum Gasteiger partial charge on any atom is -0.377 e. The maximum absolute atomic E-state index is 5.08. The van der Waals surface area contributed by atoms with Crippen molar-refractivity contribution in [1.82, 2.24) is 15.4 Å². The van der Waals surface area contributed by atoms with Crippen LogP contribution in [0, 0.1) is 0 Å². The molecule has 1 N–H and O–H groups in total. The van der Waals surface area contributed by atoms with Crippen LogP contribution in [-0.4, -0.2) is 44.4 Å². The molecule has 0 saturated carbocycles. The van der Waals surface area contributed by atoms with E-state index >= 15 is 0 Å². The molecule has 0 spiro atoms. The molecule has 5 heteroatoms. The summed E-state index contributed by atoms with van der Waals surface area (Å²) >= 11 is 0. The van der Waals surface area contributed by atoms with Crippen LogP contribution in [0.3, 0.4) is 0 Å². The van der Waals surface area contributed by atoms with Crippen LogP contribution in [0.5, 0.6) is 0 Å². The van der Waals surface area contributed by atoms with E-state index in [0.717, 1.165) is 37.5 Å². The number of rotatable bonds is 8. The zero-order chi connectivity index (χ0) is 11.8. The third-order valence-electron chi connectivity index (χ3n) is 2.16. The van der Waals surface area contributed by atoms with Gasteiger partial charge < -0.3 is 19.5 Å². The fourth-order valence-electron chi connectivity index (χ4n) is 1.39. The Morgan fingerprint density at radius 3 is 3.00 bits per heavy atom. The van der Waals surface area contributed by atoms with Crippen molar-refractivity contribution < 1.29 is 9.26 Å². The Labute approximate surface area is 96.7 Å². The van der Waals surface area contributed by atoms with Gasteiger partial charge in [0.15, 0.2) is 5.76 Å². The molecule has 1 aromatic rings. The van der Waals surface area contributed by atoms with Crippen LogP contribution in [0.4, 0.5) is 0 Å². The Morgan fingerprint density at radius 1 is 1.50 bits per heavy atom. The average molecular weight is 227 g/mol. The summed E-state index contributed by atoms with van der Waals surface area (Å²) in [5.74, 6) is 0.771. The van der Waals surface area contributed by atoms with Crippen molar-refractivity contribution in [1.29, 1.82) is 0 Å². The molecule has 0 aliphatic carbocycles. The van der Waals surface area contributed by atoms with E-state index in [1.807, 2.05) is 6.07 Å². The highest BCUT2D eigenvalue weighted by molar-refractivity contribution is 5.04. The molecule has 16 heavy (non-hydrogen) atoms. The number of nitrogens with one attached hydrogen (secondary N) is 1. The first-order valence-electron chi connectivity index (χ1n) is 5.51. The smallest absolute Gasteiger partial charge is 0.162 e. The van der Waals surface area contributed by atoms with Crippen molar-refractivity contribution in [3.63, 3.8) is 0 Å². The normalized spacial score (nSPS) is 11.2. The maximum Gasteiger partial charge on any atom is 0.162 e. The summed E-state index contributed by atoms with van der Waals surface area (Å²) < 4.78 is 10.0. The Balaban J connectivity index is 2.12. The van der Waals surface area contributed by atoms with Crippen LogP contribution in [0.25, 0.3) is 0 Å². The number of nitrogens with zero attached hydrogens (tertiary/aromatic N) is 2. The fourth-order valence-corrected chi connectivity index (χ4v) is 1.39. The number of hydrogen-bond acceptors (Lipinski definition) is 5. The minimum absolute atomic E-state index is 0.480. The van der Waals surface area contributed by atoms with Gasteiger partial charge in [0, 0.05) is 19.7 Å². The first kappa shape index (κ1) is 13.2. The summed E-state index contributed by atoms with van der Waals surface area (Å²) in [6.07, 6.45) is 1.13. The standard InChI is InChI=1S/C11H21N3O2/c1-14(2)6-4-5-12-8-10-7-11(9-15-3)16-13-10/h7,12H,4-6,8-9H2,1-3H3. The Hall–Kier alpha value is -0.910. The van der Waals surface area contributed by atoms with E-state index < -0.39 is 0 Å². The largest absolute Gasteiger partial charge is 0.377 e. The topological polar surface area (TPSA) is 50.5 Å². The van der Waals surface area contributed by atoms with Gasteiger partial charge in [-0.05, 0) is 33.6 Å². The van der Waals surface area contributed by atoms with E-state index in [-0.39, 0.29) is 0 Å². The molecule has 0 unspecified atom stereocenters. The summed E-state index contributed by atoms with van der Waals surface area (Å²) in [7, 11) is 5.80. The summed E-state index contributed by atoms with van der Waals surface area (Å²) in [5.41, 5.74) is 0.928. The van der Waals surface area contributed by atoms with Gasteiger partial charge in [0.05, 0.1) is 5.69 Å². The van der Waals surface area contributed by atoms with Crippen molar-refractivity contribution in [2.75, 3.05) is 34.3 Å². The first-order valence-corrected chi connectivity index (χ1v) is 5.51. The quantitative estimate of drug-likeness (QED) is 0.668. The molecule has 1 aromatic heterocycles. The molecule has 0 amide bonds. The molecule has 0 aliphatic heterocycles. The Morgan fingerprint density at radius 2 is 2.31 bits per heavy atom. The zero-order valence-electron chi connectivity index (χ0n) is 10.3. The molecule has 0 fully saturated rings. The SMILES string of the molecule is COCc1cc(CNCCCN(C)C)no1. The van der Waals surface area contributed by atoms with Crippen LogP contribution < -0.4 is 5.32 Å². The number of hydrogen-bond donors (Lipinski definition) is 1. The summed E-state index contributed by atoms with van der Waals surface area (Å²) in [6.45, 7) is 3.32. The lowest BCUT2D eigenvalue weighted by Crippen LogP contribution is -2.21. The molecule has 0 atom stereocenters. The van der Waals surface area contributed by atoms with Crippen molar-refractivity contribution in [2.24, 2.45) is 0 Å². The van der Waals surface area contributed by atoms with Gasteiger partial charge in [-0.3, -0.25) is 0 Å². The molecular weight excluding hydrogens is 206 g/mol. The molecule has 0 aliphatic rings. The molecule has 5 nitrogen and oxygen atoms in total. The maximum atomic E-state index is 5.08. The number of aromatic nitrogens is 1. The monoisotopic (exact) mass is 227 g/mol. The third-order valence-corrected chi connectivity index (χ3v) is 2.16. The molecule has 1 heterocycles. The van der Waals surface area contributed by atoms with Gasteiger partial charge in [-0.2, -0.15) is 0 Å². The third kappa shape index (κ3) is 5.25. The molecular formula is C11H21N3O2. The van der Waals surface area contributed by atoms with Gasteiger partial charge in [-0.15, -0.1) is 0 Å². The predicted octanol–water partition coefficient (Wildman–Crippen LogP) is 0.862. The van der Waals surface area contributed by atoms with E-state index in [1.165, 1.54) is 0 Å². The van der Waals surface area contributed by atoms with Gasteiger partial charge in [-0.25, -0.2) is 0 Å². The van der Waals surface area contributed by atoms with Crippen molar-refractivity contribution in [2.45, 2.75) is 19.6 Å². The van der Waals surface area contributed by atoms with Crippen LogP contribution in [0.1, 0.15) is 17.9 Å². The summed E-state index contributed by atoms with van der Waals surface area (Å²) in [5, 5.41) is 7.26. The van der Waals surface area contributed by atoms with Gasteiger partial charge in [0.1, 0.15) is 6.61 Å². The molecule has 0 aromatic carbocycles. The lowest BCUT2D eigenvalue weighted by atomic mass is 10.3. The highest BCUT2D eigenvalue weighted by Gasteiger charge is 2.02. The highest BCUT2D eigenvalue weighted by Crippen LogP contribution is 2.04.